The lowest BCUT2D eigenvalue weighted by Gasteiger charge is -2.31. The molecule has 5 rings (SSSR count). The number of methoxy groups -OCH3 is 1. The fourth-order valence-corrected chi connectivity index (χ4v) is 4.01. The highest BCUT2D eigenvalue weighted by Gasteiger charge is 2.30. The van der Waals surface area contributed by atoms with Crippen molar-refractivity contribution in [3.05, 3.63) is 48.6 Å². The number of carbonyl (C=O) groups excluding carboxylic acids is 1. The van der Waals surface area contributed by atoms with Crippen LogP contribution in [0.2, 0.25) is 0 Å². The maximum atomic E-state index is 14.2. The van der Waals surface area contributed by atoms with Gasteiger partial charge in [-0.1, -0.05) is 0 Å². The van der Waals surface area contributed by atoms with E-state index in [2.05, 4.69) is 15.0 Å². The van der Waals surface area contributed by atoms with Gasteiger partial charge in [0.15, 0.2) is 11.6 Å². The number of likely N-dealkylation sites (tertiary alicyclic amines) is 1. The molecule has 2 aliphatic rings. The van der Waals surface area contributed by atoms with E-state index < -0.39 is 5.82 Å². The summed E-state index contributed by atoms with van der Waals surface area (Å²) in [5.41, 5.74) is 1.69. The summed E-state index contributed by atoms with van der Waals surface area (Å²) in [5.74, 6) is 0.259. The number of aryl methyl sites for hydroxylation is 1. The SMILES string of the molecule is COc1ncc(N2CCOc3cnc(OC4CCN(C(=O)c5cn(C)cn5)C4)cc32)cc1F. The predicted molar refractivity (Wildman–Crippen MR) is 116 cm³/mol. The molecule has 5 heterocycles. The molecule has 0 aromatic carbocycles. The van der Waals surface area contributed by atoms with Crippen molar-refractivity contribution in [3.8, 4) is 17.5 Å². The Labute approximate surface area is 189 Å². The minimum absolute atomic E-state index is 0.0583. The molecule has 3 aromatic heterocycles. The minimum Gasteiger partial charge on any atom is -0.488 e. The molecule has 1 unspecified atom stereocenters. The van der Waals surface area contributed by atoms with Crippen molar-refractivity contribution in [1.29, 1.82) is 0 Å². The van der Waals surface area contributed by atoms with Crippen molar-refractivity contribution in [1.82, 2.24) is 24.4 Å². The molecule has 0 bridgehead atoms. The average molecular weight is 454 g/mol. The van der Waals surface area contributed by atoms with Gasteiger partial charge < -0.3 is 28.6 Å². The van der Waals surface area contributed by atoms with Gasteiger partial charge in [0.2, 0.25) is 11.8 Å². The van der Waals surface area contributed by atoms with Crippen molar-refractivity contribution in [2.45, 2.75) is 12.5 Å². The molecular formula is C22H23FN6O4. The molecule has 1 fully saturated rings. The number of rotatable bonds is 5. The largest absolute Gasteiger partial charge is 0.488 e. The number of aromatic nitrogens is 4. The molecule has 0 radical (unpaired) electrons. The quantitative estimate of drug-likeness (QED) is 0.579. The second kappa shape index (κ2) is 8.57. The zero-order chi connectivity index (χ0) is 22.9. The fourth-order valence-electron chi connectivity index (χ4n) is 4.01. The number of anilines is 2. The van der Waals surface area contributed by atoms with E-state index >= 15 is 0 Å². The van der Waals surface area contributed by atoms with Crippen LogP contribution in [0.15, 0.2) is 37.1 Å². The normalized spacial score (nSPS) is 17.5. The third-order valence-electron chi connectivity index (χ3n) is 5.63. The van der Waals surface area contributed by atoms with Gasteiger partial charge in [0.05, 0.1) is 50.3 Å². The van der Waals surface area contributed by atoms with E-state index in [-0.39, 0.29) is 17.9 Å². The Morgan fingerprint density at radius 3 is 2.85 bits per heavy atom. The maximum Gasteiger partial charge on any atom is 0.274 e. The second-order valence-electron chi connectivity index (χ2n) is 7.88. The van der Waals surface area contributed by atoms with Crippen LogP contribution in [-0.2, 0) is 7.05 Å². The van der Waals surface area contributed by atoms with E-state index in [1.165, 1.54) is 13.2 Å². The first kappa shape index (κ1) is 21.0. The monoisotopic (exact) mass is 454 g/mol. The molecule has 0 N–H and O–H groups in total. The van der Waals surface area contributed by atoms with Crippen molar-refractivity contribution in [2.75, 3.05) is 38.3 Å². The van der Waals surface area contributed by atoms with Crippen LogP contribution in [0, 0.1) is 5.82 Å². The topological polar surface area (TPSA) is 94.8 Å². The third kappa shape index (κ3) is 4.13. The molecule has 0 spiro atoms. The van der Waals surface area contributed by atoms with Gasteiger partial charge >= 0.3 is 0 Å². The molecule has 0 aliphatic carbocycles. The van der Waals surface area contributed by atoms with Crippen LogP contribution in [0.3, 0.4) is 0 Å². The standard InChI is InChI=1S/C22H23FN6O4/c1-27-12-17(26-13-27)22(30)28-4-3-15(11-28)33-20-8-18-19(10-24-20)32-6-5-29(18)14-7-16(23)21(31-2)25-9-14/h7-10,12-13,15H,3-6,11H2,1-2H3. The predicted octanol–water partition coefficient (Wildman–Crippen LogP) is 2.18. The van der Waals surface area contributed by atoms with Crippen molar-refractivity contribution in [3.63, 3.8) is 0 Å². The zero-order valence-electron chi connectivity index (χ0n) is 18.3. The van der Waals surface area contributed by atoms with Gasteiger partial charge in [0, 0.05) is 38.3 Å². The van der Waals surface area contributed by atoms with Gasteiger partial charge in [-0.05, 0) is 0 Å². The Balaban J connectivity index is 1.31. The molecule has 33 heavy (non-hydrogen) atoms. The molecule has 1 saturated heterocycles. The number of halogens is 1. The summed E-state index contributed by atoms with van der Waals surface area (Å²) < 4.78 is 32.7. The van der Waals surface area contributed by atoms with Crippen LogP contribution in [0.25, 0.3) is 0 Å². The second-order valence-corrected chi connectivity index (χ2v) is 7.88. The van der Waals surface area contributed by atoms with Crippen molar-refractivity contribution < 1.29 is 23.4 Å². The molecule has 1 atom stereocenters. The summed E-state index contributed by atoms with van der Waals surface area (Å²) in [5, 5.41) is 0. The van der Waals surface area contributed by atoms with E-state index in [4.69, 9.17) is 14.2 Å². The van der Waals surface area contributed by atoms with Crippen LogP contribution < -0.4 is 19.1 Å². The first-order valence-corrected chi connectivity index (χ1v) is 10.6. The highest BCUT2D eigenvalue weighted by atomic mass is 19.1. The summed E-state index contributed by atoms with van der Waals surface area (Å²) in [6, 6.07) is 3.14. The molecule has 172 valence electrons. The summed E-state index contributed by atoms with van der Waals surface area (Å²) in [6.07, 6.45) is 6.94. The molecule has 2 aliphatic heterocycles. The lowest BCUT2D eigenvalue weighted by atomic mass is 10.2. The first-order valence-electron chi connectivity index (χ1n) is 10.6. The van der Waals surface area contributed by atoms with E-state index in [1.54, 1.807) is 40.5 Å². The zero-order valence-corrected chi connectivity index (χ0v) is 18.3. The Morgan fingerprint density at radius 2 is 2.09 bits per heavy atom. The minimum atomic E-state index is -0.544. The van der Waals surface area contributed by atoms with Gasteiger partial charge in [0.25, 0.3) is 5.91 Å². The van der Waals surface area contributed by atoms with E-state index in [0.29, 0.717) is 61.4 Å². The van der Waals surface area contributed by atoms with Crippen LogP contribution in [0.5, 0.6) is 17.5 Å². The number of hydrogen-bond donors (Lipinski definition) is 0. The van der Waals surface area contributed by atoms with Crippen LogP contribution >= 0.6 is 0 Å². The molecular weight excluding hydrogens is 431 g/mol. The van der Waals surface area contributed by atoms with Gasteiger partial charge in [-0.25, -0.2) is 19.3 Å². The first-order chi connectivity index (χ1) is 16.0. The molecule has 0 saturated carbocycles. The lowest BCUT2D eigenvalue weighted by molar-refractivity contribution is 0.0766. The Hall–Kier alpha value is -3.89. The number of fused-ring (bicyclic) bond motifs is 1. The highest BCUT2D eigenvalue weighted by molar-refractivity contribution is 5.92. The molecule has 3 aromatic rings. The van der Waals surface area contributed by atoms with Gasteiger partial charge in [0.1, 0.15) is 18.4 Å². The number of hydrogen-bond acceptors (Lipinski definition) is 8. The highest BCUT2D eigenvalue weighted by Crippen LogP contribution is 2.38. The number of imidazole rings is 1. The molecule has 1 amide bonds. The lowest BCUT2D eigenvalue weighted by Crippen LogP contribution is -2.31. The molecule has 10 nitrogen and oxygen atoms in total. The number of carbonyl (C=O) groups is 1. The van der Waals surface area contributed by atoms with Crippen LogP contribution in [-0.4, -0.2) is 69.8 Å². The smallest absolute Gasteiger partial charge is 0.274 e. The summed E-state index contributed by atoms with van der Waals surface area (Å²) in [6.45, 7) is 1.97. The third-order valence-corrected chi connectivity index (χ3v) is 5.63. The maximum absolute atomic E-state index is 14.2. The summed E-state index contributed by atoms with van der Waals surface area (Å²) >= 11 is 0. The fraction of sp³-hybridized carbons (Fsp3) is 0.364. The van der Waals surface area contributed by atoms with Gasteiger partial charge in [-0.3, -0.25) is 4.79 Å². The number of ether oxygens (including phenoxy) is 3. The number of pyridine rings is 2. The van der Waals surface area contributed by atoms with Gasteiger partial charge in [-0.2, -0.15) is 0 Å². The van der Waals surface area contributed by atoms with E-state index in [9.17, 15) is 9.18 Å². The number of nitrogens with zero attached hydrogens (tertiary/aromatic N) is 6. The average Bonchev–Trinajstić information content (AvgIpc) is 3.47. The van der Waals surface area contributed by atoms with Crippen molar-refractivity contribution in [2.24, 2.45) is 7.05 Å². The summed E-state index contributed by atoms with van der Waals surface area (Å²) in [7, 11) is 3.20. The molecule has 11 heteroatoms. The van der Waals surface area contributed by atoms with E-state index in [1.807, 2.05) is 11.9 Å². The Bertz CT molecular complexity index is 1190. The van der Waals surface area contributed by atoms with Crippen molar-refractivity contribution >= 4 is 17.3 Å². The van der Waals surface area contributed by atoms with Crippen LogP contribution in [0.1, 0.15) is 16.9 Å². The van der Waals surface area contributed by atoms with Crippen LogP contribution in [0.4, 0.5) is 15.8 Å². The van der Waals surface area contributed by atoms with Gasteiger partial charge in [-0.15, -0.1) is 0 Å². The van der Waals surface area contributed by atoms with E-state index in [0.717, 1.165) is 0 Å². The Morgan fingerprint density at radius 1 is 1.21 bits per heavy atom. The Kier molecular flexibility index (Phi) is 5.45. The number of amides is 1. The summed E-state index contributed by atoms with van der Waals surface area (Å²) in [4.78, 5) is 28.8.